The highest BCUT2D eigenvalue weighted by molar-refractivity contribution is 8.67. The molecule has 1 heterocycles. The molecule has 0 spiro atoms. The van der Waals surface area contributed by atoms with Crippen molar-refractivity contribution in [3.63, 3.8) is 0 Å². The van der Waals surface area contributed by atoms with Gasteiger partial charge in [0.05, 0.1) is 31.3 Å². The second-order valence-electron chi connectivity index (χ2n) is 13.2. The van der Waals surface area contributed by atoms with Crippen LogP contribution in [0.3, 0.4) is 0 Å². The van der Waals surface area contributed by atoms with Gasteiger partial charge < -0.3 is 9.05 Å². The van der Waals surface area contributed by atoms with Crippen LogP contribution in [0.4, 0.5) is 0 Å². The second-order valence-corrected chi connectivity index (χ2v) is 19.4. The zero-order chi connectivity index (χ0) is 33.8. The highest BCUT2D eigenvalue weighted by Gasteiger charge is 2.24. The molecule has 0 aliphatic carbocycles. The summed E-state index contributed by atoms with van der Waals surface area (Å²) in [7, 11) is 0. The minimum absolute atomic E-state index is 0.548. The summed E-state index contributed by atoms with van der Waals surface area (Å²) in [4.78, 5) is 2.46. The van der Waals surface area contributed by atoms with Crippen LogP contribution >= 0.6 is 17.1 Å². The molecule has 2 atom stereocenters. The number of rotatable bonds is 32. The van der Waals surface area contributed by atoms with E-state index < -0.39 is 5.69 Å². The predicted molar refractivity (Wildman–Crippen MR) is 211 cm³/mol. The van der Waals surface area contributed by atoms with Gasteiger partial charge in [-0.2, -0.15) is 0 Å². The van der Waals surface area contributed by atoms with Crippen LogP contribution in [-0.4, -0.2) is 45.5 Å². The molecule has 0 aliphatic heterocycles. The third-order valence-electron chi connectivity index (χ3n) is 8.90. The molecule has 2 unspecified atom stereocenters. The lowest BCUT2D eigenvalue weighted by Crippen LogP contribution is -2.28. The summed E-state index contributed by atoms with van der Waals surface area (Å²) in [5.74, 6) is 1.32. The molecule has 0 fully saturated rings. The molecule has 0 saturated heterocycles. The van der Waals surface area contributed by atoms with Crippen LogP contribution in [0.5, 0.6) is 0 Å². The summed E-state index contributed by atoms with van der Waals surface area (Å²) >= 11 is 7.87. The molecular formula is C38H69N4O2PS2. The molecule has 9 heteroatoms. The Morgan fingerprint density at radius 2 is 1.45 bits per heavy atom. The number of allylic oxidation sites excluding steroid dienone is 2. The largest absolute Gasteiger partial charge is 0.322 e. The molecule has 2 rings (SSSR count). The van der Waals surface area contributed by atoms with Gasteiger partial charge in [-0.1, -0.05) is 152 Å². The van der Waals surface area contributed by atoms with Crippen LogP contribution in [0.25, 0.3) is 11.0 Å². The van der Waals surface area contributed by atoms with Gasteiger partial charge in [-0.3, -0.25) is 4.90 Å². The Bertz CT molecular complexity index is 1100. The number of benzene rings is 1. The predicted octanol–water partition coefficient (Wildman–Crippen LogP) is 12.7. The van der Waals surface area contributed by atoms with Crippen LogP contribution in [0, 0.1) is 5.92 Å². The van der Waals surface area contributed by atoms with Gasteiger partial charge >= 0.3 is 0 Å². The lowest BCUT2D eigenvalue weighted by molar-refractivity contribution is 0.210. The summed E-state index contributed by atoms with van der Waals surface area (Å²) in [6.07, 6.45) is 30.2. The number of hydrogen-bond acceptors (Lipinski definition) is 7. The molecular weight excluding hydrogens is 640 g/mol. The van der Waals surface area contributed by atoms with E-state index in [1.54, 1.807) is 11.4 Å². The zero-order valence-electron chi connectivity index (χ0n) is 30.6. The van der Waals surface area contributed by atoms with Crippen LogP contribution in [0.2, 0.25) is 0 Å². The van der Waals surface area contributed by atoms with Crippen molar-refractivity contribution in [1.82, 2.24) is 19.9 Å². The van der Waals surface area contributed by atoms with Crippen molar-refractivity contribution in [2.45, 2.75) is 163 Å². The first-order valence-electron chi connectivity index (χ1n) is 19.2. The standard InChI is InChI=1S/C38H69N4O2PS2/c1-5-9-12-13-14-15-16-17-18-19-20-21-22-23-24-27-31-41(34-42-38-30-26-25-29-37(38)39-40-42)35-47-45(46,43-32-11-7-3)44-33-36(8-4)28-10-6-2/h17-18,25-26,29-30,36H,5-16,19-24,27-28,31-35H2,1-4H3/b18-17+. The van der Waals surface area contributed by atoms with Crippen LogP contribution in [-0.2, 0) is 27.5 Å². The number of unbranched alkanes of at least 4 members (excludes halogenated alkanes) is 14. The molecule has 0 aliphatic rings. The minimum Gasteiger partial charge on any atom is -0.322 e. The average molecular weight is 709 g/mol. The number of para-hydroxylation sites is 1. The summed E-state index contributed by atoms with van der Waals surface area (Å²) in [5.41, 5.74) is -0.453. The van der Waals surface area contributed by atoms with E-state index in [-0.39, 0.29) is 0 Å². The zero-order valence-corrected chi connectivity index (χ0v) is 33.1. The summed E-state index contributed by atoms with van der Waals surface area (Å²) in [5, 5.41) is 8.90. The topological polar surface area (TPSA) is 52.4 Å². The second kappa shape index (κ2) is 28.0. The molecule has 47 heavy (non-hydrogen) atoms. The van der Waals surface area contributed by atoms with Gasteiger partial charge in [0.2, 0.25) is 5.69 Å². The molecule has 1 aromatic heterocycles. The van der Waals surface area contributed by atoms with Crippen molar-refractivity contribution in [3.8, 4) is 0 Å². The molecule has 6 nitrogen and oxygen atoms in total. The Kier molecular flexibility index (Phi) is 25.3. The monoisotopic (exact) mass is 708 g/mol. The van der Waals surface area contributed by atoms with E-state index in [4.69, 9.17) is 20.9 Å². The molecule has 1 aromatic carbocycles. The first-order chi connectivity index (χ1) is 23.0. The van der Waals surface area contributed by atoms with Crippen molar-refractivity contribution in [2.75, 3.05) is 25.6 Å². The van der Waals surface area contributed by atoms with Gasteiger partial charge in [-0.25, -0.2) is 4.68 Å². The molecule has 0 radical (unpaired) electrons. The highest BCUT2D eigenvalue weighted by atomic mass is 32.9. The van der Waals surface area contributed by atoms with Crippen molar-refractivity contribution in [1.29, 1.82) is 0 Å². The maximum absolute atomic E-state index is 6.52. The van der Waals surface area contributed by atoms with Gasteiger partial charge in [-0.05, 0) is 74.8 Å². The Morgan fingerprint density at radius 1 is 0.809 bits per heavy atom. The van der Waals surface area contributed by atoms with Gasteiger partial charge in [0, 0.05) is 6.54 Å². The van der Waals surface area contributed by atoms with E-state index >= 15 is 0 Å². The average Bonchev–Trinajstić information content (AvgIpc) is 3.49. The van der Waals surface area contributed by atoms with Crippen LogP contribution < -0.4 is 0 Å². The van der Waals surface area contributed by atoms with E-state index in [2.05, 4.69) is 67.2 Å². The highest BCUT2D eigenvalue weighted by Crippen LogP contribution is 2.61. The fourth-order valence-electron chi connectivity index (χ4n) is 5.65. The Hall–Kier alpha value is -0.760. The molecule has 0 bridgehead atoms. The molecule has 0 amide bonds. The number of hydrogen-bond donors (Lipinski definition) is 0. The molecule has 270 valence electrons. The number of fused-ring (bicyclic) bond motifs is 1. The Morgan fingerprint density at radius 3 is 2.13 bits per heavy atom. The lowest BCUT2D eigenvalue weighted by Gasteiger charge is -2.28. The normalized spacial score (nSPS) is 14.1. The third kappa shape index (κ3) is 19.9. The number of nitrogens with zero attached hydrogens (tertiary/aromatic N) is 4. The number of aromatic nitrogens is 3. The minimum atomic E-state index is -2.46. The third-order valence-corrected chi connectivity index (χ3v) is 14.2. The smallest absolute Gasteiger partial charge is 0.248 e. The van der Waals surface area contributed by atoms with Crippen LogP contribution in [0.1, 0.15) is 156 Å². The van der Waals surface area contributed by atoms with Crippen molar-refractivity contribution in [3.05, 3.63) is 36.4 Å². The SMILES string of the molecule is CCCCCCCC/C=C/CCCCCCCCN(CSP(=S)(OCCCC)OCC(CC)CCCC)Cn1nnc2ccccc21. The van der Waals surface area contributed by atoms with Gasteiger partial charge in [0.15, 0.2) is 0 Å². The first kappa shape index (κ1) is 42.4. The van der Waals surface area contributed by atoms with Gasteiger partial charge in [0.1, 0.15) is 5.52 Å². The molecule has 2 aromatic rings. The van der Waals surface area contributed by atoms with E-state index in [9.17, 15) is 0 Å². The lowest BCUT2D eigenvalue weighted by atomic mass is 10.0. The summed E-state index contributed by atoms with van der Waals surface area (Å²) in [6, 6.07) is 8.21. The Labute approximate surface area is 298 Å². The van der Waals surface area contributed by atoms with Crippen molar-refractivity contribution < 1.29 is 9.05 Å². The molecule has 0 N–H and O–H groups in total. The quantitative estimate of drug-likeness (QED) is 0.0324. The fourth-order valence-corrected chi connectivity index (χ4v) is 9.73. The van der Waals surface area contributed by atoms with E-state index in [1.807, 2.05) is 16.8 Å². The fraction of sp³-hybridized carbons (Fsp3) is 0.789. The maximum Gasteiger partial charge on any atom is 0.248 e. The Balaban J connectivity index is 1.83. The first-order valence-corrected chi connectivity index (χ1v) is 23.5. The van der Waals surface area contributed by atoms with Crippen molar-refractivity contribution >= 4 is 39.9 Å². The summed E-state index contributed by atoms with van der Waals surface area (Å²) < 4.78 is 14.9. The maximum atomic E-state index is 6.52. The van der Waals surface area contributed by atoms with Gasteiger partial charge in [0.25, 0.3) is 0 Å². The van der Waals surface area contributed by atoms with E-state index in [0.29, 0.717) is 25.8 Å². The molecule has 0 saturated carbocycles. The van der Waals surface area contributed by atoms with Crippen molar-refractivity contribution in [2.24, 2.45) is 5.92 Å². The van der Waals surface area contributed by atoms with Gasteiger partial charge in [-0.15, -0.1) is 5.10 Å². The van der Waals surface area contributed by atoms with Crippen LogP contribution in [0.15, 0.2) is 36.4 Å². The van der Waals surface area contributed by atoms with E-state index in [0.717, 1.165) is 42.7 Å². The van der Waals surface area contributed by atoms with E-state index in [1.165, 1.54) is 109 Å². The summed E-state index contributed by atoms with van der Waals surface area (Å²) in [6.45, 7) is 12.1.